The van der Waals surface area contributed by atoms with Crippen molar-refractivity contribution < 1.29 is 10.2 Å². The fourth-order valence-electron chi connectivity index (χ4n) is 1.53. The Morgan fingerprint density at radius 3 is 1.32 bits per heavy atom. The average Bonchev–Trinajstić information content (AvgIpc) is 2.55. The van der Waals surface area contributed by atoms with E-state index in [4.69, 9.17) is 43.9 Å². The number of aliphatic hydroxyl groups excluding tert-OH is 2. The maximum Gasteiger partial charge on any atom is 0.167 e. The highest BCUT2D eigenvalue weighted by Gasteiger charge is 2.08. The smallest absolute Gasteiger partial charge is 0.167 e. The predicted octanol–water partition coefficient (Wildman–Crippen LogP) is 3.79. The summed E-state index contributed by atoms with van der Waals surface area (Å²) in [6.07, 6.45) is -2.24. The molecule has 22 heavy (non-hydrogen) atoms. The minimum absolute atomic E-state index is 0.418. The van der Waals surface area contributed by atoms with Crippen LogP contribution in [-0.4, -0.2) is 10.2 Å². The van der Waals surface area contributed by atoms with Gasteiger partial charge in [-0.2, -0.15) is 10.5 Å². The average molecular weight is 335 g/mol. The van der Waals surface area contributed by atoms with E-state index >= 15 is 0 Å². The summed E-state index contributed by atoms with van der Waals surface area (Å²) in [7, 11) is 0. The lowest BCUT2D eigenvalue weighted by atomic mass is 10.1. The molecule has 0 heterocycles. The summed E-state index contributed by atoms with van der Waals surface area (Å²) in [5, 5.41) is 35.7. The Labute approximate surface area is 138 Å². The van der Waals surface area contributed by atoms with Crippen molar-refractivity contribution in [3.8, 4) is 12.1 Å². The Morgan fingerprint density at radius 1 is 0.727 bits per heavy atom. The zero-order chi connectivity index (χ0) is 16.5. The van der Waals surface area contributed by atoms with Crippen molar-refractivity contribution in [1.82, 2.24) is 0 Å². The van der Waals surface area contributed by atoms with E-state index in [9.17, 15) is 0 Å². The number of rotatable bonds is 2. The Bertz CT molecular complexity index is 646. The summed E-state index contributed by atoms with van der Waals surface area (Å²) >= 11 is 11.4. The molecule has 0 aliphatic heterocycles. The van der Waals surface area contributed by atoms with Crippen molar-refractivity contribution >= 4 is 23.2 Å². The molecule has 2 N–H and O–H groups in total. The molecule has 2 aromatic rings. The van der Waals surface area contributed by atoms with Crippen molar-refractivity contribution in [3.63, 3.8) is 0 Å². The second-order valence-electron chi connectivity index (χ2n) is 4.11. The van der Waals surface area contributed by atoms with E-state index in [1.165, 1.54) is 0 Å². The minimum atomic E-state index is -1.12. The van der Waals surface area contributed by atoms with Crippen LogP contribution in [0.1, 0.15) is 23.3 Å². The molecule has 0 bridgehead atoms. The van der Waals surface area contributed by atoms with Gasteiger partial charge >= 0.3 is 0 Å². The van der Waals surface area contributed by atoms with Gasteiger partial charge in [0.2, 0.25) is 0 Å². The topological polar surface area (TPSA) is 88.0 Å². The molecule has 112 valence electrons. The molecule has 0 saturated heterocycles. The van der Waals surface area contributed by atoms with E-state index in [1.807, 2.05) is 0 Å². The zero-order valence-corrected chi connectivity index (χ0v) is 12.8. The molecule has 4 nitrogen and oxygen atoms in total. The highest BCUT2D eigenvalue weighted by atomic mass is 35.5. The summed E-state index contributed by atoms with van der Waals surface area (Å²) in [6.45, 7) is 0. The lowest BCUT2D eigenvalue weighted by Gasteiger charge is -2.02. The van der Waals surface area contributed by atoms with Crippen LogP contribution in [0.3, 0.4) is 0 Å². The maximum absolute atomic E-state index is 9.06. The van der Waals surface area contributed by atoms with Crippen LogP contribution in [-0.2, 0) is 0 Å². The molecule has 0 saturated carbocycles. The van der Waals surface area contributed by atoms with Gasteiger partial charge in [0.05, 0.1) is 12.1 Å². The lowest BCUT2D eigenvalue weighted by molar-refractivity contribution is 0.236. The second-order valence-corrected chi connectivity index (χ2v) is 4.92. The van der Waals surface area contributed by atoms with Crippen LogP contribution < -0.4 is 0 Å². The van der Waals surface area contributed by atoms with Gasteiger partial charge in [0.15, 0.2) is 12.2 Å². The fourth-order valence-corrected chi connectivity index (χ4v) is 2.01. The molecule has 0 aliphatic rings. The van der Waals surface area contributed by atoms with Crippen molar-refractivity contribution in [2.75, 3.05) is 0 Å². The predicted molar refractivity (Wildman–Crippen MR) is 84.0 cm³/mol. The van der Waals surface area contributed by atoms with E-state index in [1.54, 1.807) is 60.7 Å². The number of hydrogen-bond donors (Lipinski definition) is 2. The summed E-state index contributed by atoms with van der Waals surface area (Å²) < 4.78 is 0. The molecule has 0 amide bonds. The Morgan fingerprint density at radius 2 is 1.05 bits per heavy atom. The lowest BCUT2D eigenvalue weighted by Crippen LogP contribution is -1.93. The molecule has 2 unspecified atom stereocenters. The maximum atomic E-state index is 9.06. The molecule has 0 aromatic heterocycles. The van der Waals surface area contributed by atoms with Crippen LogP contribution in [0.2, 0.25) is 10.0 Å². The fraction of sp³-hybridized carbons (Fsp3) is 0.125. The molecule has 0 aliphatic carbocycles. The molecule has 0 radical (unpaired) electrons. The van der Waals surface area contributed by atoms with Crippen molar-refractivity contribution in [2.24, 2.45) is 0 Å². The van der Waals surface area contributed by atoms with Crippen molar-refractivity contribution in [2.45, 2.75) is 12.2 Å². The first-order valence-corrected chi connectivity index (χ1v) is 6.91. The number of nitriles is 2. The van der Waals surface area contributed by atoms with Gasteiger partial charge in [-0.25, -0.2) is 0 Å². The van der Waals surface area contributed by atoms with Gasteiger partial charge in [-0.3, -0.25) is 0 Å². The third kappa shape index (κ3) is 5.04. The van der Waals surface area contributed by atoms with Gasteiger partial charge in [0.25, 0.3) is 0 Å². The highest BCUT2D eigenvalue weighted by molar-refractivity contribution is 6.31. The van der Waals surface area contributed by atoms with E-state index in [0.29, 0.717) is 21.2 Å². The van der Waals surface area contributed by atoms with E-state index in [0.717, 1.165) is 0 Å². The van der Waals surface area contributed by atoms with Gasteiger partial charge in [0, 0.05) is 21.2 Å². The Hall–Kier alpha value is -2.08. The normalized spacial score (nSPS) is 12.1. The van der Waals surface area contributed by atoms with Crippen molar-refractivity contribution in [3.05, 3.63) is 69.7 Å². The monoisotopic (exact) mass is 334 g/mol. The summed E-state index contributed by atoms with van der Waals surface area (Å²) in [4.78, 5) is 0. The highest BCUT2D eigenvalue weighted by Crippen LogP contribution is 2.22. The van der Waals surface area contributed by atoms with E-state index in [2.05, 4.69) is 0 Å². The van der Waals surface area contributed by atoms with Crippen LogP contribution in [0.25, 0.3) is 0 Å². The number of aliphatic hydroxyl groups is 2. The van der Waals surface area contributed by atoms with Gasteiger partial charge in [-0.05, 0) is 12.1 Å². The van der Waals surface area contributed by atoms with Gasteiger partial charge in [-0.15, -0.1) is 0 Å². The zero-order valence-electron chi connectivity index (χ0n) is 11.3. The largest absolute Gasteiger partial charge is 0.374 e. The second kappa shape index (κ2) is 9.04. The molecule has 2 atom stereocenters. The molecule has 2 aromatic carbocycles. The number of benzene rings is 2. The Balaban J connectivity index is 0.000000220. The molecule has 0 fully saturated rings. The SMILES string of the molecule is N#CC(O)c1ccccc1Cl.N#CC(O)c1ccccc1Cl. The standard InChI is InChI=1S/2C8H6ClNO/c2*9-7-4-2-1-3-6(7)8(11)5-10/h2*1-4,8,11H. The third-order valence-electron chi connectivity index (χ3n) is 2.64. The molecule has 2 rings (SSSR count). The minimum Gasteiger partial charge on any atom is -0.374 e. The first-order chi connectivity index (χ1) is 10.5. The molecular weight excluding hydrogens is 323 g/mol. The van der Waals surface area contributed by atoms with Crippen molar-refractivity contribution in [1.29, 1.82) is 10.5 Å². The van der Waals surface area contributed by atoms with Crippen LogP contribution in [0.5, 0.6) is 0 Å². The van der Waals surface area contributed by atoms with Crippen LogP contribution in [0.15, 0.2) is 48.5 Å². The summed E-state index contributed by atoms with van der Waals surface area (Å²) in [6, 6.07) is 16.8. The summed E-state index contributed by atoms with van der Waals surface area (Å²) in [5.74, 6) is 0. The van der Waals surface area contributed by atoms with Crippen LogP contribution >= 0.6 is 23.2 Å². The number of halogens is 2. The molecule has 0 spiro atoms. The quantitative estimate of drug-likeness (QED) is 0.817. The van der Waals surface area contributed by atoms with Gasteiger partial charge < -0.3 is 10.2 Å². The van der Waals surface area contributed by atoms with Gasteiger partial charge in [0.1, 0.15) is 0 Å². The van der Waals surface area contributed by atoms with Crippen LogP contribution in [0, 0.1) is 22.7 Å². The van der Waals surface area contributed by atoms with E-state index in [-0.39, 0.29) is 0 Å². The summed E-state index contributed by atoms with van der Waals surface area (Å²) in [5.41, 5.74) is 0.910. The van der Waals surface area contributed by atoms with Gasteiger partial charge in [-0.1, -0.05) is 59.6 Å². The number of nitrogens with zero attached hydrogens (tertiary/aromatic N) is 2. The first kappa shape index (κ1) is 18.0. The van der Waals surface area contributed by atoms with Crippen LogP contribution in [0.4, 0.5) is 0 Å². The third-order valence-corrected chi connectivity index (χ3v) is 3.33. The van der Waals surface area contributed by atoms with E-state index < -0.39 is 12.2 Å². The molecular formula is C16H12Cl2N2O2. The Kier molecular flexibility index (Phi) is 7.39. The number of hydrogen-bond acceptors (Lipinski definition) is 4. The first-order valence-electron chi connectivity index (χ1n) is 6.15. The molecule has 6 heteroatoms.